The molecule has 0 spiro atoms. The van der Waals surface area contributed by atoms with E-state index < -0.39 is 12.0 Å². The summed E-state index contributed by atoms with van der Waals surface area (Å²) in [5.74, 6) is 7.44. The summed E-state index contributed by atoms with van der Waals surface area (Å²) in [6, 6.07) is 16.0. The largest absolute Gasteiger partial charge is 0.469 e. The maximum absolute atomic E-state index is 13.8. The van der Waals surface area contributed by atoms with Crippen molar-refractivity contribution in [2.24, 2.45) is 34.6 Å². The number of aromatic amines is 1. The van der Waals surface area contributed by atoms with Crippen molar-refractivity contribution in [1.82, 2.24) is 25.1 Å². The number of methoxy groups -OCH3 is 1. The number of carbonyl (C=O) groups is 4. The molecule has 4 fully saturated rings. The number of rotatable bonds is 11. The van der Waals surface area contributed by atoms with Crippen molar-refractivity contribution in [3.63, 3.8) is 0 Å². The highest BCUT2D eigenvalue weighted by Crippen LogP contribution is 2.53. The van der Waals surface area contributed by atoms with Gasteiger partial charge in [0.2, 0.25) is 17.7 Å². The summed E-state index contributed by atoms with van der Waals surface area (Å²) in [5.41, 5.74) is 6.90. The highest BCUT2D eigenvalue weighted by atomic mass is 16.5. The maximum atomic E-state index is 13.8. The Morgan fingerprint density at radius 2 is 1.42 bits per heavy atom. The summed E-state index contributed by atoms with van der Waals surface area (Å²) < 4.78 is 4.91. The Hall–Kier alpha value is -5.50. The Bertz CT molecular complexity index is 2190. The first kappa shape index (κ1) is 38.4. The zero-order chi connectivity index (χ0) is 40.1. The molecule has 11 nitrogen and oxygen atoms in total. The molecule has 4 heterocycles. The van der Waals surface area contributed by atoms with E-state index in [9.17, 15) is 19.2 Å². The molecule has 2 saturated carbocycles. The molecule has 2 saturated heterocycles. The molecule has 296 valence electrons. The highest BCUT2D eigenvalue weighted by Gasteiger charge is 2.57. The number of hydrogen-bond donors (Lipinski definition) is 2. The molecule has 0 unspecified atom stereocenters. The molecule has 0 bridgehead atoms. The Labute approximate surface area is 334 Å². The fourth-order valence-electron chi connectivity index (χ4n) is 9.17. The van der Waals surface area contributed by atoms with Gasteiger partial charge in [-0.2, -0.15) is 0 Å². The van der Waals surface area contributed by atoms with Gasteiger partial charge in [0.25, 0.3) is 0 Å². The Kier molecular flexibility index (Phi) is 10.4. The molecule has 1 aromatic heterocycles. The average Bonchev–Trinajstić information content (AvgIpc) is 3.78. The number of benzene rings is 2. The molecular weight excluding hydrogens is 717 g/mol. The fourth-order valence-corrected chi connectivity index (χ4v) is 9.17. The third kappa shape index (κ3) is 7.79. The van der Waals surface area contributed by atoms with E-state index in [1.807, 2.05) is 86.3 Å². The number of amides is 3. The number of carbonyl (C=O) groups excluding carboxylic acids is 4. The molecular formula is C46H52N6O5. The number of allylic oxidation sites excluding steroid dienone is 1. The maximum Gasteiger partial charge on any atom is 0.306 e. The van der Waals surface area contributed by atoms with Crippen LogP contribution in [0.4, 0.5) is 0 Å². The van der Waals surface area contributed by atoms with E-state index in [4.69, 9.17) is 14.7 Å². The van der Waals surface area contributed by atoms with E-state index in [0.29, 0.717) is 18.3 Å². The van der Waals surface area contributed by atoms with Crippen molar-refractivity contribution in [2.45, 2.75) is 103 Å². The van der Waals surface area contributed by atoms with Gasteiger partial charge in [0.15, 0.2) is 0 Å². The fraction of sp³-hybridized carbons (Fsp3) is 0.478. The van der Waals surface area contributed by atoms with Crippen molar-refractivity contribution >= 4 is 35.0 Å². The second kappa shape index (κ2) is 15.4. The lowest BCUT2D eigenvalue weighted by molar-refractivity contribution is -0.148. The summed E-state index contributed by atoms with van der Waals surface area (Å²) in [6.07, 6.45) is 8.40. The molecule has 11 heteroatoms. The van der Waals surface area contributed by atoms with Gasteiger partial charge in [-0.25, -0.2) is 4.98 Å². The predicted octanol–water partition coefficient (Wildman–Crippen LogP) is 6.31. The van der Waals surface area contributed by atoms with E-state index in [0.717, 1.165) is 70.7 Å². The van der Waals surface area contributed by atoms with E-state index in [2.05, 4.69) is 34.3 Å². The number of H-pyrrole nitrogens is 1. The lowest BCUT2D eigenvalue weighted by atomic mass is 9.90. The van der Waals surface area contributed by atoms with Gasteiger partial charge >= 0.3 is 5.97 Å². The van der Waals surface area contributed by atoms with Crippen LogP contribution in [0, 0.1) is 41.4 Å². The van der Waals surface area contributed by atoms with Crippen LogP contribution in [0.25, 0.3) is 16.8 Å². The Morgan fingerprint density at radius 1 is 0.825 bits per heavy atom. The minimum atomic E-state index is -0.554. The number of piperidine rings is 2. The van der Waals surface area contributed by atoms with Gasteiger partial charge in [-0.05, 0) is 90.3 Å². The quantitative estimate of drug-likeness (QED) is 0.173. The zero-order valence-corrected chi connectivity index (χ0v) is 33.6. The topological polar surface area (TPSA) is 137 Å². The van der Waals surface area contributed by atoms with Gasteiger partial charge in [0.05, 0.1) is 43.4 Å². The molecule has 3 aromatic rings. The SMILES string of the molecule is COC(=O)C[C@H](C(=O)N1[C@H](C2=NC=C(c3ccc(C#Cc4ccc(-c5cnc([C@@H]6C[C@@H]7C[C@@H]7N6C(=O)[C@@H](NC(C)=O)C(C)C)[nH]5)cc4)cc3)C2)C[C@@H]2C[C@@H]21)C(C)C. The van der Waals surface area contributed by atoms with E-state index in [1.165, 1.54) is 14.0 Å². The van der Waals surface area contributed by atoms with Crippen LogP contribution in [0.2, 0.25) is 0 Å². The van der Waals surface area contributed by atoms with Crippen LogP contribution in [0.5, 0.6) is 0 Å². The Balaban J connectivity index is 0.878. The molecule has 2 aromatic carbocycles. The number of aromatic nitrogens is 2. The minimum Gasteiger partial charge on any atom is -0.469 e. The predicted molar refractivity (Wildman–Crippen MR) is 217 cm³/mol. The lowest BCUT2D eigenvalue weighted by Crippen LogP contribution is -2.51. The number of ether oxygens (including phenoxy) is 1. The van der Waals surface area contributed by atoms with Crippen molar-refractivity contribution in [2.75, 3.05) is 7.11 Å². The molecule has 8 rings (SSSR count). The number of aliphatic imine (C=N–C) groups is 1. The summed E-state index contributed by atoms with van der Waals surface area (Å²) in [5, 5.41) is 2.87. The van der Waals surface area contributed by atoms with Gasteiger partial charge in [-0.15, -0.1) is 0 Å². The van der Waals surface area contributed by atoms with Gasteiger partial charge in [0, 0.05) is 48.5 Å². The number of nitrogens with one attached hydrogen (secondary N) is 2. The van der Waals surface area contributed by atoms with E-state index >= 15 is 0 Å². The van der Waals surface area contributed by atoms with Gasteiger partial charge < -0.3 is 24.8 Å². The number of imidazole rings is 1. The van der Waals surface area contributed by atoms with Crippen molar-refractivity contribution in [3.05, 3.63) is 83.4 Å². The van der Waals surface area contributed by atoms with E-state index in [1.54, 1.807) is 0 Å². The van der Waals surface area contributed by atoms with Gasteiger partial charge in [-0.3, -0.25) is 24.2 Å². The Morgan fingerprint density at radius 3 is 2.00 bits per heavy atom. The molecule has 2 N–H and O–H groups in total. The van der Waals surface area contributed by atoms with E-state index in [-0.39, 0.29) is 66.1 Å². The molecule has 3 aliphatic heterocycles. The van der Waals surface area contributed by atoms with Crippen LogP contribution in [0.3, 0.4) is 0 Å². The number of hydrogen-bond acceptors (Lipinski definition) is 7. The molecule has 57 heavy (non-hydrogen) atoms. The number of esters is 1. The third-order valence-corrected chi connectivity index (χ3v) is 12.6. The van der Waals surface area contributed by atoms with Crippen LogP contribution in [-0.4, -0.2) is 80.4 Å². The van der Waals surface area contributed by atoms with Crippen LogP contribution >= 0.6 is 0 Å². The number of fused-ring (bicyclic) bond motifs is 2. The van der Waals surface area contributed by atoms with Crippen molar-refractivity contribution in [3.8, 4) is 23.1 Å². The highest BCUT2D eigenvalue weighted by molar-refractivity contribution is 6.04. The number of likely N-dealkylation sites (tertiary alicyclic amines) is 2. The van der Waals surface area contributed by atoms with Gasteiger partial charge in [0.1, 0.15) is 11.9 Å². The first-order valence-corrected chi connectivity index (χ1v) is 20.4. The normalized spacial score (nSPS) is 25.2. The number of nitrogens with zero attached hydrogens (tertiary/aromatic N) is 4. The smallest absolute Gasteiger partial charge is 0.306 e. The van der Waals surface area contributed by atoms with Crippen LogP contribution < -0.4 is 5.32 Å². The summed E-state index contributed by atoms with van der Waals surface area (Å²) >= 11 is 0. The average molecular weight is 769 g/mol. The first-order chi connectivity index (χ1) is 27.4. The summed E-state index contributed by atoms with van der Waals surface area (Å²) in [7, 11) is 1.37. The van der Waals surface area contributed by atoms with Crippen LogP contribution in [-0.2, 0) is 23.9 Å². The second-order valence-corrected chi connectivity index (χ2v) is 17.2. The second-order valence-electron chi connectivity index (χ2n) is 17.2. The molecule has 3 amide bonds. The van der Waals surface area contributed by atoms with Crippen LogP contribution in [0.15, 0.2) is 65.9 Å². The van der Waals surface area contributed by atoms with Crippen molar-refractivity contribution in [1.29, 1.82) is 0 Å². The van der Waals surface area contributed by atoms with Crippen LogP contribution in [0.1, 0.15) is 102 Å². The molecule has 0 radical (unpaired) electrons. The third-order valence-electron chi connectivity index (χ3n) is 12.6. The lowest BCUT2D eigenvalue weighted by Gasteiger charge is -2.32. The van der Waals surface area contributed by atoms with Gasteiger partial charge in [-0.1, -0.05) is 63.8 Å². The molecule has 2 aliphatic carbocycles. The minimum absolute atomic E-state index is 0.0170. The molecule has 8 atom stereocenters. The summed E-state index contributed by atoms with van der Waals surface area (Å²) in [6.45, 7) is 9.36. The zero-order valence-electron chi connectivity index (χ0n) is 33.6. The van der Waals surface area contributed by atoms with Crippen molar-refractivity contribution < 1.29 is 23.9 Å². The standard InChI is InChI=1S/C46H52N6O5/c1-25(2)35(22-42(54)57-6)45(55)51-38-18-32(38)20-40(51)36-17-34(23-47-36)30-13-9-28(10-14-30)7-8-29-11-15-31(16-12-29)37-24-48-44(50-37)41-21-33-19-39(33)52(41)46(56)43(26(3)4)49-27(5)53/h9-16,23-26,32-33,35,38-41,43H,17-22H2,1-6H3,(H,48,50)(H,49,53)/t32-,33-,35-,38-,39-,40-,41-,43-/m0/s1. The first-order valence-electron chi connectivity index (χ1n) is 20.4. The molecule has 5 aliphatic rings. The summed E-state index contributed by atoms with van der Waals surface area (Å²) in [4.78, 5) is 68.6. The monoisotopic (exact) mass is 768 g/mol.